The molecule has 1 saturated heterocycles. The quantitative estimate of drug-likeness (QED) is 0.148. The van der Waals surface area contributed by atoms with Gasteiger partial charge in [0.2, 0.25) is 0 Å². The van der Waals surface area contributed by atoms with Crippen LogP contribution in [0.1, 0.15) is 31.2 Å². The van der Waals surface area contributed by atoms with Crippen molar-refractivity contribution in [2.75, 3.05) is 51.3 Å². The summed E-state index contributed by atoms with van der Waals surface area (Å²) in [6, 6.07) is 5.87. The minimum Gasteiger partial charge on any atom is -2.00 e. The van der Waals surface area contributed by atoms with Crippen LogP contribution in [-0.4, -0.2) is 85.1 Å². The molecule has 1 fully saturated rings. The number of nitrogens with zero attached hydrogens (tertiary/aromatic N) is 3. The summed E-state index contributed by atoms with van der Waals surface area (Å²) in [6.07, 6.45) is 3.55. The summed E-state index contributed by atoms with van der Waals surface area (Å²) in [6.45, 7) is 2.91. The molecule has 2 unspecified atom stereocenters. The fourth-order valence-corrected chi connectivity index (χ4v) is 5.61. The Balaban J connectivity index is 0.00000324. The predicted molar refractivity (Wildman–Crippen MR) is 142 cm³/mol. The molecule has 0 aromatic heterocycles. The van der Waals surface area contributed by atoms with Crippen molar-refractivity contribution >= 4 is 65.9 Å². The van der Waals surface area contributed by atoms with Crippen molar-refractivity contribution in [1.29, 1.82) is 0 Å². The Morgan fingerprint density at radius 1 is 1.22 bits per heavy atom. The van der Waals surface area contributed by atoms with Gasteiger partial charge in [-0.05, 0) is 67.9 Å². The summed E-state index contributed by atoms with van der Waals surface area (Å²) in [5.74, 6) is 0.572. The fraction of sp³-hybridized carbons (Fsp3) is 0.583. The number of benzene rings is 1. The molecule has 0 saturated carbocycles. The number of aliphatic imine (C=N–C) groups is 1. The summed E-state index contributed by atoms with van der Waals surface area (Å²) in [7, 11) is 1.42. The molecular formula is C24H30Cl2N3O4S2Tc. The molecule has 0 radical (unpaired) electrons. The number of methoxy groups -OCH3 is 1. The molecule has 2 bridgehead atoms. The maximum atomic E-state index is 12.9. The summed E-state index contributed by atoms with van der Waals surface area (Å²) in [5, 5.41) is 13.0. The third-order valence-electron chi connectivity index (χ3n) is 6.45. The van der Waals surface area contributed by atoms with E-state index in [1.165, 1.54) is 7.11 Å². The third-order valence-corrected chi connectivity index (χ3v) is 7.55. The van der Waals surface area contributed by atoms with Gasteiger partial charge in [-0.15, -0.1) is 0 Å². The second-order valence-corrected chi connectivity index (χ2v) is 10.1. The Morgan fingerprint density at radius 3 is 2.61 bits per heavy atom. The van der Waals surface area contributed by atoms with Crippen LogP contribution < -0.4 is 5.11 Å². The van der Waals surface area contributed by atoms with Crippen LogP contribution in [0.5, 0.6) is 0 Å². The number of halogens is 2. The van der Waals surface area contributed by atoms with Crippen LogP contribution in [-0.2, 0) is 60.4 Å². The molecule has 0 N–H and O–H groups in total. The second-order valence-electron chi connectivity index (χ2n) is 8.52. The smallest absolute Gasteiger partial charge is 2.00 e. The van der Waals surface area contributed by atoms with Crippen LogP contribution >= 0.6 is 23.2 Å². The second kappa shape index (κ2) is 16.6. The first-order valence-corrected chi connectivity index (χ1v) is 13.4. The van der Waals surface area contributed by atoms with Crippen LogP contribution in [0, 0.1) is 0 Å². The molecule has 2 atom stereocenters. The molecule has 3 rings (SSSR count). The van der Waals surface area contributed by atoms with Crippen LogP contribution in [0.3, 0.4) is 0 Å². The van der Waals surface area contributed by atoms with Crippen molar-refractivity contribution in [2.24, 2.45) is 4.99 Å². The number of esters is 1. The van der Waals surface area contributed by atoms with Crippen LogP contribution in [0.25, 0.3) is 5.57 Å². The molecular weight excluding hydrogens is 627 g/mol. The van der Waals surface area contributed by atoms with Crippen molar-refractivity contribution in [2.45, 2.75) is 37.8 Å². The van der Waals surface area contributed by atoms with Gasteiger partial charge in [0.25, 0.3) is 0 Å². The normalized spacial score (nSPS) is 19.8. The molecule has 1 aromatic rings. The fourth-order valence-electron chi connectivity index (χ4n) is 4.96. The molecule has 2 aliphatic heterocycles. The average molecular weight is 658 g/mol. The number of hydrogen-bond donors (Lipinski definition) is 0. The van der Waals surface area contributed by atoms with Crippen LogP contribution in [0.15, 0.2) is 28.8 Å². The largest absolute Gasteiger partial charge is 5.00 e. The Labute approximate surface area is 248 Å². The number of hydrogen-bond acceptors (Lipinski definition) is 8. The maximum Gasteiger partial charge on any atom is 5.00 e. The zero-order valence-corrected chi connectivity index (χ0v) is 25.1. The van der Waals surface area contributed by atoms with Gasteiger partial charge in [-0.1, -0.05) is 29.3 Å². The zero-order valence-electron chi connectivity index (χ0n) is 20.1. The van der Waals surface area contributed by atoms with Gasteiger partial charge in [0.1, 0.15) is 0 Å². The zero-order chi connectivity index (χ0) is 24.7. The Morgan fingerprint density at radius 2 is 1.97 bits per heavy atom. The molecule has 12 heteroatoms. The van der Waals surface area contributed by atoms with Crippen molar-refractivity contribution in [1.82, 2.24) is 9.80 Å². The van der Waals surface area contributed by atoms with Gasteiger partial charge in [-0.25, -0.2) is 4.79 Å². The van der Waals surface area contributed by atoms with E-state index in [4.69, 9.17) is 53.2 Å². The first-order chi connectivity index (χ1) is 16.4. The first-order valence-electron chi connectivity index (χ1n) is 11.5. The Hall–Kier alpha value is -0.291. The average Bonchev–Trinajstić information content (AvgIpc) is 3.09. The van der Waals surface area contributed by atoms with Gasteiger partial charge < -0.3 is 50.5 Å². The Bertz CT molecular complexity index is 939. The standard InChI is InChI=1S/C24H33Cl2N3O3S2.O.Tc/c1-32-24(31)23-18(16-3-5-19(25)20(26)13-16)14-17-4-6-21(23)29(17)9-2-8-28(10-12-34)15-22(30)27-7-11-33;;/h3,5,13,17,21,33-34H,2,4,6-12,14-15H2,1H3,(H,27,30);;/q;-2;+5/p-3. The molecule has 36 heavy (non-hydrogen) atoms. The van der Waals surface area contributed by atoms with Crippen LogP contribution in [0.4, 0.5) is 0 Å². The molecule has 0 amide bonds. The summed E-state index contributed by atoms with van der Waals surface area (Å²) >= 11 is 22.4. The summed E-state index contributed by atoms with van der Waals surface area (Å²) in [4.78, 5) is 21.3. The monoisotopic (exact) mass is 655 g/mol. The Kier molecular flexibility index (Phi) is 15.6. The molecule has 0 aliphatic carbocycles. The summed E-state index contributed by atoms with van der Waals surface area (Å²) in [5.41, 5.74) is 2.63. The SMILES string of the molecule is COC(=O)C1=C(c2ccc(Cl)c(Cl)c2)CC2CCC1N2CCCN(CC[S-])CC([O-])=NCC[S-].[O-2].[Tc+5]. The number of ether oxygens (including phenoxy) is 1. The minimum atomic E-state index is -0.293. The van der Waals surface area contributed by atoms with E-state index < -0.39 is 0 Å². The van der Waals surface area contributed by atoms with E-state index in [0.29, 0.717) is 40.7 Å². The van der Waals surface area contributed by atoms with Crippen molar-refractivity contribution < 1.29 is 40.2 Å². The molecule has 1 aromatic carbocycles. The van der Waals surface area contributed by atoms with Gasteiger partial charge in [-0.3, -0.25) is 4.90 Å². The van der Waals surface area contributed by atoms with Gasteiger partial charge in [0.05, 0.1) is 22.7 Å². The van der Waals surface area contributed by atoms with E-state index in [9.17, 15) is 9.90 Å². The van der Waals surface area contributed by atoms with E-state index in [-0.39, 0.29) is 50.0 Å². The van der Waals surface area contributed by atoms with Gasteiger partial charge in [0.15, 0.2) is 0 Å². The van der Waals surface area contributed by atoms with E-state index in [0.717, 1.165) is 55.5 Å². The summed E-state index contributed by atoms with van der Waals surface area (Å²) < 4.78 is 5.19. The number of rotatable bonds is 12. The van der Waals surface area contributed by atoms with Gasteiger partial charge in [0, 0.05) is 31.7 Å². The number of fused-ring (bicyclic) bond motifs is 2. The maximum absolute atomic E-state index is 12.9. The number of carbonyl (C=O) groups is 1. The topological polar surface area (TPSA) is 96.7 Å². The molecule has 2 aliphatic rings. The van der Waals surface area contributed by atoms with E-state index in [1.807, 2.05) is 12.1 Å². The third kappa shape index (κ3) is 8.61. The minimum absolute atomic E-state index is 0. The van der Waals surface area contributed by atoms with Crippen molar-refractivity contribution in [3.8, 4) is 0 Å². The van der Waals surface area contributed by atoms with Crippen molar-refractivity contribution in [3.05, 3.63) is 39.4 Å². The van der Waals surface area contributed by atoms with Crippen molar-refractivity contribution in [3.63, 3.8) is 0 Å². The predicted octanol–water partition coefficient (Wildman–Crippen LogP) is 2.58. The van der Waals surface area contributed by atoms with Crippen LogP contribution in [0.2, 0.25) is 10.0 Å². The first kappa shape index (κ1) is 33.7. The molecule has 7 nitrogen and oxygen atoms in total. The molecule has 0 spiro atoms. The van der Waals surface area contributed by atoms with E-state index in [1.54, 1.807) is 6.07 Å². The van der Waals surface area contributed by atoms with E-state index >= 15 is 0 Å². The van der Waals surface area contributed by atoms with Gasteiger partial charge in [-0.2, -0.15) is 11.5 Å². The van der Waals surface area contributed by atoms with Gasteiger partial charge >= 0.3 is 26.1 Å². The molecule has 198 valence electrons. The molecule has 2 heterocycles. The van der Waals surface area contributed by atoms with E-state index in [2.05, 4.69) is 14.8 Å². The number of carbonyl (C=O) groups excluding carboxylic acids is 1.